The Labute approximate surface area is 119 Å². The van der Waals surface area contributed by atoms with Crippen LogP contribution < -0.4 is 5.32 Å². The quantitative estimate of drug-likeness (QED) is 0.649. The van der Waals surface area contributed by atoms with Gasteiger partial charge in [-0.3, -0.25) is 4.90 Å². The van der Waals surface area contributed by atoms with E-state index < -0.39 is 30.8 Å². The molecule has 1 heterocycles. The van der Waals surface area contributed by atoms with Crippen LogP contribution in [0.5, 0.6) is 0 Å². The smallest absolute Gasteiger partial charge is 0.401 e. The highest BCUT2D eigenvalue weighted by molar-refractivity contribution is 5.74. The number of amides is 2. The summed E-state index contributed by atoms with van der Waals surface area (Å²) in [5.74, 6) is -1.37. The Kier molecular flexibility index (Phi) is 6.21. The second-order valence-electron chi connectivity index (χ2n) is 4.75. The van der Waals surface area contributed by atoms with Crippen molar-refractivity contribution in [2.45, 2.75) is 18.7 Å². The van der Waals surface area contributed by atoms with E-state index in [0.29, 0.717) is 0 Å². The largest absolute Gasteiger partial charge is 0.479 e. The average Bonchev–Trinajstić information content (AvgIpc) is 2.37. The lowest BCUT2D eigenvalue weighted by Gasteiger charge is -2.34. The monoisotopic (exact) mass is 313 g/mol. The minimum Gasteiger partial charge on any atom is -0.479 e. The molecule has 0 bridgehead atoms. The number of carbonyl (C=O) groups is 2. The van der Waals surface area contributed by atoms with Crippen molar-refractivity contribution < 1.29 is 33.0 Å². The SMILES string of the molecule is O=C(O)[C@@H](O)CCNC(=O)N1CCN(CC(F)(F)F)CC1. The Morgan fingerprint density at radius 1 is 1.19 bits per heavy atom. The molecule has 0 radical (unpaired) electrons. The molecule has 1 aliphatic rings. The van der Waals surface area contributed by atoms with Gasteiger partial charge in [-0.15, -0.1) is 0 Å². The van der Waals surface area contributed by atoms with Crippen LogP contribution in [0.25, 0.3) is 0 Å². The van der Waals surface area contributed by atoms with E-state index in [9.17, 15) is 22.8 Å². The van der Waals surface area contributed by atoms with Gasteiger partial charge in [0.15, 0.2) is 6.10 Å². The van der Waals surface area contributed by atoms with Crippen LogP contribution in [0.1, 0.15) is 6.42 Å². The summed E-state index contributed by atoms with van der Waals surface area (Å²) in [4.78, 5) is 24.6. The van der Waals surface area contributed by atoms with E-state index in [-0.39, 0.29) is 39.1 Å². The van der Waals surface area contributed by atoms with Crippen molar-refractivity contribution in [2.75, 3.05) is 39.3 Å². The number of hydrogen-bond acceptors (Lipinski definition) is 4. The van der Waals surface area contributed by atoms with Gasteiger partial charge in [-0.2, -0.15) is 13.2 Å². The van der Waals surface area contributed by atoms with Crippen molar-refractivity contribution in [1.29, 1.82) is 0 Å². The molecule has 21 heavy (non-hydrogen) atoms. The maximum Gasteiger partial charge on any atom is 0.401 e. The van der Waals surface area contributed by atoms with E-state index in [1.807, 2.05) is 0 Å². The van der Waals surface area contributed by atoms with Gasteiger partial charge in [-0.1, -0.05) is 0 Å². The number of aliphatic carboxylic acids is 1. The minimum absolute atomic E-state index is 0.0188. The van der Waals surface area contributed by atoms with Crippen LogP contribution in [0.3, 0.4) is 0 Å². The number of hydrogen-bond donors (Lipinski definition) is 3. The number of nitrogens with zero attached hydrogens (tertiary/aromatic N) is 2. The summed E-state index contributed by atoms with van der Waals surface area (Å²) < 4.78 is 36.6. The summed E-state index contributed by atoms with van der Waals surface area (Å²) in [6, 6.07) is -0.473. The molecule has 1 atom stereocenters. The molecule has 3 N–H and O–H groups in total. The zero-order valence-corrected chi connectivity index (χ0v) is 11.3. The third-order valence-electron chi connectivity index (χ3n) is 3.04. The molecule has 7 nitrogen and oxygen atoms in total. The zero-order valence-electron chi connectivity index (χ0n) is 11.3. The topological polar surface area (TPSA) is 93.1 Å². The molecule has 1 saturated heterocycles. The third-order valence-corrected chi connectivity index (χ3v) is 3.04. The van der Waals surface area contributed by atoms with E-state index in [1.54, 1.807) is 0 Å². The van der Waals surface area contributed by atoms with E-state index in [4.69, 9.17) is 10.2 Å². The predicted molar refractivity (Wildman–Crippen MR) is 65.7 cm³/mol. The van der Waals surface area contributed by atoms with Crippen LogP contribution in [0.4, 0.5) is 18.0 Å². The summed E-state index contributed by atoms with van der Waals surface area (Å²) in [6.07, 6.45) is -5.93. The van der Waals surface area contributed by atoms with E-state index in [2.05, 4.69) is 5.32 Å². The molecule has 0 aliphatic carbocycles. The third kappa shape index (κ3) is 6.63. The fraction of sp³-hybridized carbons (Fsp3) is 0.818. The first-order valence-electron chi connectivity index (χ1n) is 6.42. The molecule has 0 aromatic rings. The van der Waals surface area contributed by atoms with Gasteiger partial charge in [0, 0.05) is 39.1 Å². The van der Waals surface area contributed by atoms with Crippen molar-refractivity contribution in [2.24, 2.45) is 0 Å². The number of nitrogens with one attached hydrogen (secondary N) is 1. The lowest BCUT2D eigenvalue weighted by atomic mass is 10.2. The van der Waals surface area contributed by atoms with E-state index >= 15 is 0 Å². The maximum absolute atomic E-state index is 12.2. The lowest BCUT2D eigenvalue weighted by molar-refractivity contribution is -0.148. The highest BCUT2D eigenvalue weighted by Crippen LogP contribution is 2.17. The molecular formula is C11H18F3N3O4. The Hall–Kier alpha value is -1.55. The Morgan fingerprint density at radius 2 is 1.76 bits per heavy atom. The number of carboxylic acid groups (broad SMARTS) is 1. The highest BCUT2D eigenvalue weighted by Gasteiger charge is 2.32. The van der Waals surface area contributed by atoms with Crippen molar-refractivity contribution in [1.82, 2.24) is 15.1 Å². The van der Waals surface area contributed by atoms with Gasteiger partial charge in [-0.25, -0.2) is 9.59 Å². The number of carboxylic acids is 1. The number of piperazine rings is 1. The van der Waals surface area contributed by atoms with Crippen molar-refractivity contribution >= 4 is 12.0 Å². The summed E-state index contributed by atoms with van der Waals surface area (Å²) in [5.41, 5.74) is 0. The Morgan fingerprint density at radius 3 is 2.24 bits per heavy atom. The van der Waals surface area contributed by atoms with Crippen LogP contribution in [0.15, 0.2) is 0 Å². The summed E-state index contributed by atoms with van der Waals surface area (Å²) in [5, 5.41) is 19.9. The molecule has 122 valence electrons. The molecule has 1 fully saturated rings. The first kappa shape index (κ1) is 17.5. The second kappa shape index (κ2) is 7.46. The van der Waals surface area contributed by atoms with Crippen LogP contribution in [-0.4, -0.2) is 83.6 Å². The number of aliphatic hydroxyl groups excluding tert-OH is 1. The summed E-state index contributed by atoms with van der Waals surface area (Å²) >= 11 is 0. The van der Waals surface area contributed by atoms with Crippen LogP contribution in [0, 0.1) is 0 Å². The van der Waals surface area contributed by atoms with Crippen molar-refractivity contribution in [3.8, 4) is 0 Å². The number of alkyl halides is 3. The fourth-order valence-corrected chi connectivity index (χ4v) is 1.91. The molecule has 0 unspecified atom stereocenters. The first-order chi connectivity index (χ1) is 9.69. The van der Waals surface area contributed by atoms with E-state index in [1.165, 1.54) is 9.80 Å². The number of halogens is 3. The van der Waals surface area contributed by atoms with Gasteiger partial charge in [0.1, 0.15) is 0 Å². The number of urea groups is 1. The van der Waals surface area contributed by atoms with E-state index in [0.717, 1.165) is 0 Å². The van der Waals surface area contributed by atoms with Gasteiger partial charge < -0.3 is 20.4 Å². The van der Waals surface area contributed by atoms with Gasteiger partial charge in [0.25, 0.3) is 0 Å². The van der Waals surface area contributed by atoms with Gasteiger partial charge >= 0.3 is 18.2 Å². The summed E-state index contributed by atoms with van der Waals surface area (Å²) in [6.45, 7) is -0.412. The Bertz CT molecular complexity index is 370. The summed E-state index contributed by atoms with van der Waals surface area (Å²) in [7, 11) is 0. The molecule has 0 aromatic carbocycles. The standard InChI is InChI=1S/C11H18F3N3O4/c12-11(13,14)7-16-3-5-17(6-4-16)10(21)15-2-1-8(18)9(19)20/h8,18H,1-7H2,(H,15,21)(H,19,20)/t8-/m0/s1. The molecule has 1 aliphatic heterocycles. The van der Waals surface area contributed by atoms with Crippen LogP contribution in [-0.2, 0) is 4.79 Å². The molecule has 2 amide bonds. The average molecular weight is 313 g/mol. The molecule has 0 spiro atoms. The number of aliphatic hydroxyl groups is 1. The fourth-order valence-electron chi connectivity index (χ4n) is 1.91. The first-order valence-corrected chi connectivity index (χ1v) is 6.42. The van der Waals surface area contributed by atoms with Crippen molar-refractivity contribution in [3.05, 3.63) is 0 Å². The number of carbonyl (C=O) groups excluding carboxylic acids is 1. The lowest BCUT2D eigenvalue weighted by Crippen LogP contribution is -2.53. The molecule has 10 heteroatoms. The molecule has 0 aromatic heterocycles. The van der Waals surface area contributed by atoms with Crippen molar-refractivity contribution in [3.63, 3.8) is 0 Å². The second-order valence-corrected chi connectivity index (χ2v) is 4.75. The Balaban J connectivity index is 2.24. The van der Waals surface area contributed by atoms with Gasteiger partial charge in [0.2, 0.25) is 0 Å². The van der Waals surface area contributed by atoms with Gasteiger partial charge in [0.05, 0.1) is 6.54 Å². The minimum atomic E-state index is -4.25. The maximum atomic E-state index is 12.2. The highest BCUT2D eigenvalue weighted by atomic mass is 19.4. The molecule has 1 rings (SSSR count). The van der Waals surface area contributed by atoms with Gasteiger partial charge in [-0.05, 0) is 0 Å². The molecule has 0 saturated carbocycles. The zero-order chi connectivity index (χ0) is 16.0. The van der Waals surface area contributed by atoms with Crippen LogP contribution >= 0.6 is 0 Å². The van der Waals surface area contributed by atoms with Crippen LogP contribution in [0.2, 0.25) is 0 Å². The number of rotatable bonds is 5. The normalized spacial score (nSPS) is 18.4. The molecular weight excluding hydrogens is 295 g/mol. The predicted octanol–water partition coefficient (Wildman–Crippen LogP) is -0.288.